The number of methoxy groups -OCH3 is 1. The zero-order chi connectivity index (χ0) is 11.4. The van der Waals surface area contributed by atoms with Gasteiger partial charge in [0.05, 0.1) is 6.10 Å². The Hall–Kier alpha value is -0.380. The summed E-state index contributed by atoms with van der Waals surface area (Å²) in [6, 6.07) is 5.59. The average molecular weight is 239 g/mol. The molecular weight excluding hydrogens is 218 g/mol. The van der Waals surface area contributed by atoms with E-state index in [-0.39, 0.29) is 0 Å². The van der Waals surface area contributed by atoms with E-state index in [2.05, 4.69) is 29.8 Å². The molecule has 0 amide bonds. The first-order chi connectivity index (χ1) is 7.83. The Balaban J connectivity index is 1.84. The third-order valence-corrected chi connectivity index (χ3v) is 4.31. The minimum atomic E-state index is 0.489. The van der Waals surface area contributed by atoms with Crippen LogP contribution in [0.25, 0.3) is 0 Å². The monoisotopic (exact) mass is 239 g/mol. The van der Waals surface area contributed by atoms with Crippen molar-refractivity contribution in [3.63, 3.8) is 0 Å². The lowest BCUT2D eigenvalue weighted by atomic mass is 9.88. The van der Waals surface area contributed by atoms with Crippen molar-refractivity contribution in [2.75, 3.05) is 7.11 Å². The molecule has 1 N–H and O–H groups in total. The molecule has 0 bridgehead atoms. The van der Waals surface area contributed by atoms with E-state index >= 15 is 0 Å². The highest BCUT2D eigenvalue weighted by atomic mass is 32.1. The molecule has 1 fully saturated rings. The van der Waals surface area contributed by atoms with Gasteiger partial charge in [-0.3, -0.25) is 0 Å². The summed E-state index contributed by atoms with van der Waals surface area (Å²) >= 11 is 1.86. The van der Waals surface area contributed by atoms with Crippen molar-refractivity contribution in [3.05, 3.63) is 22.4 Å². The molecule has 2 nitrogen and oxygen atoms in total. The molecule has 1 aliphatic carbocycles. The van der Waals surface area contributed by atoms with E-state index in [1.54, 1.807) is 0 Å². The number of ether oxygens (including phenoxy) is 1. The number of hydrogen-bond acceptors (Lipinski definition) is 3. The largest absolute Gasteiger partial charge is 0.381 e. The van der Waals surface area contributed by atoms with Crippen LogP contribution < -0.4 is 5.32 Å². The molecule has 0 radical (unpaired) electrons. The van der Waals surface area contributed by atoms with Crippen molar-refractivity contribution in [2.45, 2.75) is 50.8 Å². The van der Waals surface area contributed by atoms with Gasteiger partial charge in [-0.1, -0.05) is 19.4 Å². The van der Waals surface area contributed by atoms with E-state index < -0.39 is 0 Å². The molecule has 1 aliphatic rings. The van der Waals surface area contributed by atoms with Crippen molar-refractivity contribution in [1.82, 2.24) is 5.32 Å². The van der Waals surface area contributed by atoms with Gasteiger partial charge < -0.3 is 10.1 Å². The van der Waals surface area contributed by atoms with Crippen LogP contribution in [0.4, 0.5) is 0 Å². The van der Waals surface area contributed by atoms with Crippen LogP contribution in [-0.2, 0) is 4.74 Å². The first kappa shape index (κ1) is 12.1. The van der Waals surface area contributed by atoms with E-state index in [4.69, 9.17) is 4.74 Å². The van der Waals surface area contributed by atoms with Crippen LogP contribution in [0, 0.1) is 0 Å². The molecule has 1 unspecified atom stereocenters. The van der Waals surface area contributed by atoms with Crippen molar-refractivity contribution >= 4 is 11.3 Å². The molecule has 0 saturated heterocycles. The predicted molar refractivity (Wildman–Crippen MR) is 68.9 cm³/mol. The average Bonchev–Trinajstić information content (AvgIpc) is 2.74. The highest BCUT2D eigenvalue weighted by Gasteiger charge is 2.30. The SMILES string of the molecule is CCCC(NC1CC(OC)C1)c1cccs1. The maximum atomic E-state index is 5.31. The molecule has 0 aliphatic heterocycles. The van der Waals surface area contributed by atoms with Crippen LogP contribution in [-0.4, -0.2) is 19.3 Å². The van der Waals surface area contributed by atoms with Gasteiger partial charge in [0.15, 0.2) is 0 Å². The number of nitrogens with one attached hydrogen (secondary N) is 1. The van der Waals surface area contributed by atoms with Crippen LogP contribution >= 0.6 is 11.3 Å². The van der Waals surface area contributed by atoms with Crippen LogP contribution in [0.15, 0.2) is 17.5 Å². The molecule has 3 heteroatoms. The van der Waals surface area contributed by atoms with E-state index in [9.17, 15) is 0 Å². The van der Waals surface area contributed by atoms with Crippen LogP contribution in [0.2, 0.25) is 0 Å². The van der Waals surface area contributed by atoms with Gasteiger partial charge in [-0.2, -0.15) is 0 Å². The summed E-state index contributed by atoms with van der Waals surface area (Å²) in [7, 11) is 1.81. The van der Waals surface area contributed by atoms with E-state index in [0.717, 1.165) is 0 Å². The Morgan fingerprint density at radius 2 is 2.38 bits per heavy atom. The van der Waals surface area contributed by atoms with E-state index in [1.807, 2.05) is 18.4 Å². The normalized spacial score (nSPS) is 26.4. The smallest absolute Gasteiger partial charge is 0.0601 e. The Labute approximate surface area is 102 Å². The van der Waals surface area contributed by atoms with Crippen molar-refractivity contribution in [2.24, 2.45) is 0 Å². The molecule has 1 heterocycles. The minimum Gasteiger partial charge on any atom is -0.381 e. The lowest BCUT2D eigenvalue weighted by Crippen LogP contribution is -2.46. The third kappa shape index (κ3) is 2.84. The molecule has 2 rings (SSSR count). The van der Waals surface area contributed by atoms with Crippen molar-refractivity contribution in [1.29, 1.82) is 0 Å². The predicted octanol–water partition coefficient (Wildman–Crippen LogP) is 3.36. The number of thiophene rings is 1. The van der Waals surface area contributed by atoms with Gasteiger partial charge in [0, 0.05) is 24.1 Å². The van der Waals surface area contributed by atoms with Gasteiger partial charge in [-0.15, -0.1) is 11.3 Å². The van der Waals surface area contributed by atoms with Crippen LogP contribution in [0.1, 0.15) is 43.5 Å². The molecule has 0 spiro atoms. The lowest BCUT2D eigenvalue weighted by Gasteiger charge is -2.37. The fraction of sp³-hybridized carbons (Fsp3) is 0.692. The topological polar surface area (TPSA) is 21.3 Å². The zero-order valence-electron chi connectivity index (χ0n) is 10.1. The first-order valence-corrected chi connectivity index (χ1v) is 7.03. The molecule has 1 atom stereocenters. The van der Waals surface area contributed by atoms with Crippen molar-refractivity contribution < 1.29 is 4.74 Å². The summed E-state index contributed by atoms with van der Waals surface area (Å²) in [6.45, 7) is 2.25. The number of hydrogen-bond donors (Lipinski definition) is 1. The van der Waals surface area contributed by atoms with Gasteiger partial charge in [0.2, 0.25) is 0 Å². The van der Waals surface area contributed by atoms with Crippen LogP contribution in [0.3, 0.4) is 0 Å². The summed E-state index contributed by atoms with van der Waals surface area (Å²) in [5.41, 5.74) is 0. The summed E-state index contributed by atoms with van der Waals surface area (Å²) in [4.78, 5) is 1.47. The fourth-order valence-corrected chi connectivity index (χ4v) is 3.09. The van der Waals surface area contributed by atoms with Gasteiger partial charge >= 0.3 is 0 Å². The second-order valence-corrected chi connectivity index (χ2v) is 5.53. The second kappa shape index (κ2) is 5.80. The summed E-state index contributed by atoms with van der Waals surface area (Å²) in [5.74, 6) is 0. The van der Waals surface area contributed by atoms with Gasteiger partial charge in [-0.25, -0.2) is 0 Å². The third-order valence-electron chi connectivity index (χ3n) is 3.33. The maximum absolute atomic E-state index is 5.31. The Morgan fingerprint density at radius 3 is 2.94 bits per heavy atom. The van der Waals surface area contributed by atoms with Gasteiger partial charge in [0.25, 0.3) is 0 Å². The summed E-state index contributed by atoms with van der Waals surface area (Å²) < 4.78 is 5.31. The zero-order valence-corrected chi connectivity index (χ0v) is 10.9. The minimum absolute atomic E-state index is 0.489. The Kier molecular flexibility index (Phi) is 4.38. The highest BCUT2D eigenvalue weighted by Crippen LogP contribution is 2.29. The van der Waals surface area contributed by atoms with E-state index in [1.165, 1.54) is 30.6 Å². The van der Waals surface area contributed by atoms with E-state index in [0.29, 0.717) is 18.2 Å². The molecule has 0 aromatic carbocycles. The van der Waals surface area contributed by atoms with Crippen molar-refractivity contribution in [3.8, 4) is 0 Å². The summed E-state index contributed by atoms with van der Waals surface area (Å²) in [6.07, 6.45) is 5.29. The molecule has 90 valence electrons. The maximum Gasteiger partial charge on any atom is 0.0601 e. The fourth-order valence-electron chi connectivity index (χ4n) is 2.26. The molecule has 1 saturated carbocycles. The summed E-state index contributed by atoms with van der Waals surface area (Å²) in [5, 5.41) is 5.92. The molecular formula is C13H21NOS. The van der Waals surface area contributed by atoms with Crippen LogP contribution in [0.5, 0.6) is 0 Å². The Morgan fingerprint density at radius 1 is 1.56 bits per heavy atom. The van der Waals surface area contributed by atoms with Gasteiger partial charge in [0.1, 0.15) is 0 Å². The Bertz CT molecular complexity index is 293. The number of rotatable bonds is 6. The first-order valence-electron chi connectivity index (χ1n) is 6.15. The molecule has 1 aromatic rings. The quantitative estimate of drug-likeness (QED) is 0.822. The standard InChI is InChI=1S/C13H21NOS/c1-3-5-12(13-6-4-7-16-13)14-10-8-11(9-10)15-2/h4,6-7,10-12,14H,3,5,8-9H2,1-2H3. The molecule has 1 aromatic heterocycles. The second-order valence-electron chi connectivity index (χ2n) is 4.55. The highest BCUT2D eigenvalue weighted by molar-refractivity contribution is 7.10. The van der Waals surface area contributed by atoms with Gasteiger partial charge in [-0.05, 0) is 30.7 Å². The molecule has 16 heavy (non-hydrogen) atoms. The lowest BCUT2D eigenvalue weighted by molar-refractivity contribution is 0.0139.